The summed E-state index contributed by atoms with van der Waals surface area (Å²) in [5, 5.41) is 7.85. The van der Waals surface area contributed by atoms with Gasteiger partial charge in [0, 0.05) is 7.05 Å². The smallest absolute Gasteiger partial charge is 0.0759 e. The molecule has 19 heavy (non-hydrogen) atoms. The van der Waals surface area contributed by atoms with E-state index in [0.717, 1.165) is 16.7 Å². The summed E-state index contributed by atoms with van der Waals surface area (Å²) in [5.74, 6) is 0. The minimum absolute atomic E-state index is 0.158. The Morgan fingerprint density at radius 3 is 2.58 bits per heavy atom. The van der Waals surface area contributed by atoms with Gasteiger partial charge in [-0.1, -0.05) is 25.1 Å². The third kappa shape index (κ3) is 2.90. The van der Waals surface area contributed by atoms with E-state index in [0.29, 0.717) is 0 Å². The summed E-state index contributed by atoms with van der Waals surface area (Å²) in [6.07, 6.45) is 1.85. The fourth-order valence-electron chi connectivity index (χ4n) is 2.27. The normalized spacial score (nSPS) is 12.7. The van der Waals surface area contributed by atoms with E-state index in [-0.39, 0.29) is 6.04 Å². The van der Waals surface area contributed by atoms with Crippen molar-refractivity contribution in [3.63, 3.8) is 0 Å². The number of aromatic nitrogens is 2. The summed E-state index contributed by atoms with van der Waals surface area (Å²) in [5.41, 5.74) is 5.07. The highest BCUT2D eigenvalue weighted by Crippen LogP contribution is 2.29. The van der Waals surface area contributed by atoms with Crippen molar-refractivity contribution in [3.8, 4) is 0 Å². The Bertz CT molecular complexity index is 555. The van der Waals surface area contributed by atoms with Gasteiger partial charge in [-0.3, -0.25) is 4.68 Å². The van der Waals surface area contributed by atoms with Crippen LogP contribution in [0.25, 0.3) is 0 Å². The van der Waals surface area contributed by atoms with E-state index in [9.17, 15) is 0 Å². The second-order valence-corrected chi connectivity index (χ2v) is 5.69. The van der Waals surface area contributed by atoms with Crippen molar-refractivity contribution < 1.29 is 0 Å². The fraction of sp³-hybridized carbons (Fsp3) is 0.400. The van der Waals surface area contributed by atoms with Crippen LogP contribution in [0.2, 0.25) is 0 Å². The third-order valence-electron chi connectivity index (χ3n) is 3.48. The molecule has 1 N–H and O–H groups in total. The van der Waals surface area contributed by atoms with Crippen LogP contribution in [0, 0.1) is 13.8 Å². The van der Waals surface area contributed by atoms with Crippen LogP contribution >= 0.6 is 15.9 Å². The van der Waals surface area contributed by atoms with E-state index in [1.54, 1.807) is 0 Å². The molecule has 0 saturated heterocycles. The van der Waals surface area contributed by atoms with Gasteiger partial charge < -0.3 is 5.32 Å². The molecule has 0 bridgehead atoms. The first-order valence-corrected chi connectivity index (χ1v) is 7.31. The molecule has 1 unspecified atom stereocenters. The van der Waals surface area contributed by atoms with Crippen molar-refractivity contribution in [2.75, 3.05) is 6.54 Å². The zero-order valence-electron chi connectivity index (χ0n) is 11.9. The van der Waals surface area contributed by atoms with Gasteiger partial charge in [0.1, 0.15) is 0 Å². The van der Waals surface area contributed by atoms with Crippen LogP contribution in [0.4, 0.5) is 0 Å². The lowest BCUT2D eigenvalue weighted by Gasteiger charge is -2.20. The molecule has 1 atom stereocenters. The Labute approximate surface area is 123 Å². The molecule has 0 amide bonds. The highest BCUT2D eigenvalue weighted by Gasteiger charge is 2.20. The lowest BCUT2D eigenvalue weighted by Crippen LogP contribution is -2.24. The van der Waals surface area contributed by atoms with E-state index in [2.05, 4.69) is 65.3 Å². The maximum atomic E-state index is 4.31. The Balaban J connectivity index is 2.48. The second kappa shape index (κ2) is 5.88. The molecule has 4 heteroatoms. The summed E-state index contributed by atoms with van der Waals surface area (Å²) in [6.45, 7) is 7.33. The van der Waals surface area contributed by atoms with Crippen molar-refractivity contribution in [2.45, 2.75) is 26.8 Å². The highest BCUT2D eigenvalue weighted by atomic mass is 79.9. The molecule has 1 heterocycles. The molecule has 0 aliphatic carbocycles. The second-order valence-electron chi connectivity index (χ2n) is 4.84. The number of benzene rings is 1. The topological polar surface area (TPSA) is 29.9 Å². The number of hydrogen-bond acceptors (Lipinski definition) is 2. The number of rotatable bonds is 4. The summed E-state index contributed by atoms with van der Waals surface area (Å²) >= 11 is 3.59. The Kier molecular flexibility index (Phi) is 4.42. The Morgan fingerprint density at radius 1 is 1.32 bits per heavy atom. The van der Waals surface area contributed by atoms with Gasteiger partial charge in [0.15, 0.2) is 0 Å². The highest BCUT2D eigenvalue weighted by molar-refractivity contribution is 9.10. The van der Waals surface area contributed by atoms with Crippen molar-refractivity contribution >= 4 is 15.9 Å². The van der Waals surface area contributed by atoms with Gasteiger partial charge in [-0.2, -0.15) is 5.10 Å². The molecule has 0 aliphatic rings. The van der Waals surface area contributed by atoms with Gasteiger partial charge in [-0.15, -0.1) is 0 Å². The molecular weight excluding hydrogens is 302 g/mol. The number of nitrogens with one attached hydrogen (secondary N) is 1. The summed E-state index contributed by atoms with van der Waals surface area (Å²) in [6, 6.07) is 6.78. The number of hydrogen-bond donors (Lipinski definition) is 1. The van der Waals surface area contributed by atoms with Crippen molar-refractivity contribution in [2.24, 2.45) is 7.05 Å². The molecule has 0 saturated carbocycles. The number of aryl methyl sites for hydroxylation is 3. The van der Waals surface area contributed by atoms with Gasteiger partial charge in [-0.05, 0) is 53.0 Å². The third-order valence-corrected chi connectivity index (χ3v) is 4.09. The Hall–Kier alpha value is -1.13. The van der Waals surface area contributed by atoms with Crippen LogP contribution in [0.1, 0.15) is 35.3 Å². The summed E-state index contributed by atoms with van der Waals surface area (Å²) in [4.78, 5) is 0. The first-order valence-electron chi connectivity index (χ1n) is 6.52. The lowest BCUT2D eigenvalue weighted by atomic mass is 9.99. The van der Waals surface area contributed by atoms with Gasteiger partial charge in [-0.25, -0.2) is 0 Å². The molecule has 0 fully saturated rings. The van der Waals surface area contributed by atoms with Crippen LogP contribution in [0.5, 0.6) is 0 Å². The van der Waals surface area contributed by atoms with Gasteiger partial charge in [0.2, 0.25) is 0 Å². The van der Waals surface area contributed by atoms with E-state index < -0.39 is 0 Å². The van der Waals surface area contributed by atoms with Gasteiger partial charge >= 0.3 is 0 Å². The van der Waals surface area contributed by atoms with E-state index in [4.69, 9.17) is 0 Å². The summed E-state index contributed by atoms with van der Waals surface area (Å²) in [7, 11) is 1.98. The summed E-state index contributed by atoms with van der Waals surface area (Å²) < 4.78 is 2.96. The number of halogens is 1. The van der Waals surface area contributed by atoms with Crippen LogP contribution in [0.15, 0.2) is 28.9 Å². The first kappa shape index (κ1) is 14.3. The van der Waals surface area contributed by atoms with Gasteiger partial charge in [0.25, 0.3) is 0 Å². The molecule has 1 aromatic carbocycles. The van der Waals surface area contributed by atoms with E-state index in [1.165, 1.54) is 16.7 Å². The maximum absolute atomic E-state index is 4.31. The van der Waals surface area contributed by atoms with Crippen LogP contribution in [0.3, 0.4) is 0 Å². The molecular formula is C15H20BrN3. The van der Waals surface area contributed by atoms with E-state index in [1.807, 2.05) is 17.9 Å². The van der Waals surface area contributed by atoms with Gasteiger partial charge in [0.05, 0.1) is 22.4 Å². The predicted octanol–water partition coefficient (Wildman–Crippen LogP) is 3.50. The lowest BCUT2D eigenvalue weighted by molar-refractivity contribution is 0.570. The molecule has 0 spiro atoms. The molecule has 3 nitrogen and oxygen atoms in total. The minimum Gasteiger partial charge on any atom is -0.305 e. The molecule has 2 rings (SSSR count). The molecule has 1 aromatic heterocycles. The largest absolute Gasteiger partial charge is 0.305 e. The van der Waals surface area contributed by atoms with Crippen LogP contribution in [-0.4, -0.2) is 16.3 Å². The molecule has 2 aromatic rings. The average Bonchev–Trinajstić information content (AvgIpc) is 2.70. The molecule has 102 valence electrons. The van der Waals surface area contributed by atoms with Crippen molar-refractivity contribution in [3.05, 3.63) is 51.3 Å². The Morgan fingerprint density at radius 2 is 2.05 bits per heavy atom. The molecule has 0 radical (unpaired) electrons. The van der Waals surface area contributed by atoms with E-state index >= 15 is 0 Å². The van der Waals surface area contributed by atoms with Crippen molar-refractivity contribution in [1.82, 2.24) is 15.1 Å². The maximum Gasteiger partial charge on any atom is 0.0759 e. The predicted molar refractivity (Wildman–Crippen MR) is 82.3 cm³/mol. The zero-order valence-corrected chi connectivity index (χ0v) is 13.5. The van der Waals surface area contributed by atoms with Crippen LogP contribution < -0.4 is 5.32 Å². The average molecular weight is 322 g/mol. The standard InChI is InChI=1S/C15H20BrN3/c1-5-17-14(15-13(16)9-18-19(15)4)12-7-6-10(2)11(3)8-12/h6-9,14,17H,5H2,1-4H3. The monoisotopic (exact) mass is 321 g/mol. The first-order chi connectivity index (χ1) is 9.04. The zero-order chi connectivity index (χ0) is 14.0. The van der Waals surface area contributed by atoms with Crippen LogP contribution in [-0.2, 0) is 7.05 Å². The number of nitrogens with zero attached hydrogens (tertiary/aromatic N) is 2. The van der Waals surface area contributed by atoms with Crippen molar-refractivity contribution in [1.29, 1.82) is 0 Å². The SMILES string of the molecule is CCNC(c1ccc(C)c(C)c1)c1c(Br)cnn1C. The quantitative estimate of drug-likeness (QED) is 0.934. The minimum atomic E-state index is 0.158. The molecule has 0 aliphatic heterocycles. The fourth-order valence-corrected chi connectivity index (χ4v) is 2.84.